The Morgan fingerprint density at radius 2 is 1.53 bits per heavy atom. The summed E-state index contributed by atoms with van der Waals surface area (Å²) in [7, 11) is 0. The van der Waals surface area contributed by atoms with Crippen molar-refractivity contribution >= 4 is 42.2 Å². The third-order valence-electron chi connectivity index (χ3n) is 4.49. The number of nitrogens with one attached hydrogen (secondary N) is 3. The van der Waals surface area contributed by atoms with Crippen molar-refractivity contribution in [3.8, 4) is 0 Å². The molecular formula is C20H29N5O6S. The van der Waals surface area contributed by atoms with Crippen molar-refractivity contribution in [1.29, 1.82) is 0 Å². The zero-order chi connectivity index (χ0) is 24.3. The fraction of sp³-hybridized carbons (Fsp3) is 0.450. The first-order valence-corrected chi connectivity index (χ1v) is 10.5. The fourth-order valence-electron chi connectivity index (χ4n) is 2.64. The van der Waals surface area contributed by atoms with Crippen LogP contribution in [0, 0.1) is 0 Å². The Hall–Kier alpha value is -3.12. The average Bonchev–Trinajstić information content (AvgIpc) is 2.74. The van der Waals surface area contributed by atoms with Crippen molar-refractivity contribution in [3.05, 3.63) is 35.9 Å². The first-order chi connectivity index (χ1) is 15.0. The van der Waals surface area contributed by atoms with Gasteiger partial charge in [0.1, 0.15) is 18.1 Å². The summed E-state index contributed by atoms with van der Waals surface area (Å²) in [6.07, 6.45) is -0.0803. The van der Waals surface area contributed by atoms with Crippen LogP contribution in [0.3, 0.4) is 0 Å². The largest absolute Gasteiger partial charge is 0.480 e. The molecule has 176 valence electrons. The van der Waals surface area contributed by atoms with Crippen molar-refractivity contribution < 1.29 is 29.1 Å². The second-order valence-electron chi connectivity index (χ2n) is 7.17. The number of thiol groups is 1. The Balaban J connectivity index is 2.83. The summed E-state index contributed by atoms with van der Waals surface area (Å²) >= 11 is 4.01. The molecule has 4 atom stereocenters. The van der Waals surface area contributed by atoms with Crippen LogP contribution in [0.4, 0.5) is 0 Å². The highest BCUT2D eigenvalue weighted by Gasteiger charge is 2.29. The van der Waals surface area contributed by atoms with Gasteiger partial charge in [-0.25, -0.2) is 0 Å². The van der Waals surface area contributed by atoms with Gasteiger partial charge in [-0.2, -0.15) is 12.6 Å². The number of hydrogen-bond acceptors (Lipinski definition) is 7. The number of carbonyl (C=O) groups excluding carboxylic acids is 4. The van der Waals surface area contributed by atoms with Gasteiger partial charge in [0.15, 0.2) is 0 Å². The second kappa shape index (κ2) is 13.3. The molecule has 0 saturated carbocycles. The maximum atomic E-state index is 12.7. The van der Waals surface area contributed by atoms with E-state index in [0.717, 1.165) is 5.56 Å². The normalized spacial score (nSPS) is 14.3. The molecule has 0 saturated heterocycles. The molecule has 0 fully saturated rings. The Kier molecular flexibility index (Phi) is 11.2. The summed E-state index contributed by atoms with van der Waals surface area (Å²) in [5, 5.41) is 16.0. The number of amides is 4. The molecule has 32 heavy (non-hydrogen) atoms. The lowest BCUT2D eigenvalue weighted by atomic mass is 10.0. The molecular weight excluding hydrogens is 438 g/mol. The monoisotopic (exact) mass is 467 g/mol. The molecule has 0 aliphatic heterocycles. The summed E-state index contributed by atoms with van der Waals surface area (Å²) in [4.78, 5) is 59.6. The first-order valence-electron chi connectivity index (χ1n) is 9.87. The fourth-order valence-corrected chi connectivity index (χ4v) is 2.89. The lowest BCUT2D eigenvalue weighted by molar-refractivity contribution is -0.141. The maximum Gasteiger partial charge on any atom is 0.325 e. The number of rotatable bonds is 13. The number of carboxylic acids is 1. The molecule has 4 amide bonds. The summed E-state index contributed by atoms with van der Waals surface area (Å²) in [6.45, 7) is 1.27. The highest BCUT2D eigenvalue weighted by atomic mass is 32.1. The SMILES string of the molecule is CC(NC(=O)C(CS)NC(=O)C(CCC(N)=O)NC(=O)C(N)Cc1ccccc1)C(=O)O. The molecule has 0 spiro atoms. The van der Waals surface area contributed by atoms with Crippen molar-refractivity contribution in [3.63, 3.8) is 0 Å². The van der Waals surface area contributed by atoms with Gasteiger partial charge in [-0.15, -0.1) is 0 Å². The number of aliphatic carboxylic acids is 1. The minimum atomic E-state index is -1.25. The van der Waals surface area contributed by atoms with E-state index in [-0.39, 0.29) is 25.0 Å². The predicted octanol–water partition coefficient (Wildman–Crippen LogP) is -1.69. The zero-order valence-electron chi connectivity index (χ0n) is 17.6. The van der Waals surface area contributed by atoms with Crippen molar-refractivity contribution in [2.24, 2.45) is 11.5 Å². The predicted molar refractivity (Wildman–Crippen MR) is 120 cm³/mol. The van der Waals surface area contributed by atoms with Gasteiger partial charge in [0.2, 0.25) is 23.6 Å². The van der Waals surface area contributed by atoms with Crippen LogP contribution in [0.25, 0.3) is 0 Å². The molecule has 0 aliphatic carbocycles. The molecule has 1 aromatic carbocycles. The van der Waals surface area contributed by atoms with Gasteiger partial charge in [-0.3, -0.25) is 24.0 Å². The molecule has 1 rings (SSSR count). The number of benzene rings is 1. The van der Waals surface area contributed by atoms with E-state index in [0.29, 0.717) is 0 Å². The average molecular weight is 468 g/mol. The van der Waals surface area contributed by atoms with E-state index < -0.39 is 53.8 Å². The van der Waals surface area contributed by atoms with Crippen LogP contribution in [-0.4, -0.2) is 64.6 Å². The molecule has 12 heteroatoms. The van der Waals surface area contributed by atoms with E-state index in [4.69, 9.17) is 16.6 Å². The lowest BCUT2D eigenvalue weighted by Gasteiger charge is -2.24. The van der Waals surface area contributed by atoms with E-state index in [1.54, 1.807) is 24.3 Å². The lowest BCUT2D eigenvalue weighted by Crippen LogP contribution is -2.57. The number of hydrogen-bond donors (Lipinski definition) is 7. The molecule has 11 nitrogen and oxygen atoms in total. The highest BCUT2D eigenvalue weighted by molar-refractivity contribution is 7.80. The summed E-state index contributed by atoms with van der Waals surface area (Å²) in [6, 6.07) is 4.54. The highest BCUT2D eigenvalue weighted by Crippen LogP contribution is 2.04. The van der Waals surface area contributed by atoms with Crippen LogP contribution in [0.15, 0.2) is 30.3 Å². The van der Waals surface area contributed by atoms with Gasteiger partial charge in [0, 0.05) is 12.2 Å². The standard InChI is InChI=1S/C20H29N5O6S/c1-11(20(30)31)23-19(29)15(10-32)25-18(28)14(7-8-16(22)26)24-17(27)13(21)9-12-5-3-2-4-6-12/h2-6,11,13-15,32H,7-10,21H2,1H3,(H2,22,26)(H,23,29)(H,24,27)(H,25,28)(H,30,31). The molecule has 0 heterocycles. The van der Waals surface area contributed by atoms with Crippen LogP contribution >= 0.6 is 12.6 Å². The van der Waals surface area contributed by atoms with Crippen LogP contribution in [-0.2, 0) is 30.4 Å². The third-order valence-corrected chi connectivity index (χ3v) is 4.86. The number of nitrogens with two attached hydrogens (primary N) is 2. The number of primary amides is 1. The Morgan fingerprint density at radius 3 is 2.06 bits per heavy atom. The quantitative estimate of drug-likeness (QED) is 0.168. The molecule has 0 aromatic heterocycles. The molecule has 0 bridgehead atoms. The van der Waals surface area contributed by atoms with Crippen LogP contribution in [0.5, 0.6) is 0 Å². The molecule has 8 N–H and O–H groups in total. The first kappa shape index (κ1) is 26.9. The van der Waals surface area contributed by atoms with E-state index in [1.165, 1.54) is 6.92 Å². The van der Waals surface area contributed by atoms with E-state index in [2.05, 4.69) is 28.6 Å². The van der Waals surface area contributed by atoms with Crippen molar-refractivity contribution in [1.82, 2.24) is 16.0 Å². The topological polar surface area (TPSA) is 194 Å². The summed E-state index contributed by atoms with van der Waals surface area (Å²) in [5.74, 6) is -4.20. The van der Waals surface area contributed by atoms with Gasteiger partial charge in [0.05, 0.1) is 6.04 Å². The van der Waals surface area contributed by atoms with Gasteiger partial charge < -0.3 is 32.5 Å². The van der Waals surface area contributed by atoms with Crippen molar-refractivity contribution in [2.75, 3.05) is 5.75 Å². The number of carbonyl (C=O) groups is 5. The Labute approximate surface area is 191 Å². The van der Waals surface area contributed by atoms with Gasteiger partial charge >= 0.3 is 5.97 Å². The van der Waals surface area contributed by atoms with E-state index in [9.17, 15) is 24.0 Å². The molecule has 1 aromatic rings. The summed E-state index contributed by atoms with van der Waals surface area (Å²) in [5.41, 5.74) is 11.9. The maximum absolute atomic E-state index is 12.7. The van der Waals surface area contributed by atoms with Crippen molar-refractivity contribution in [2.45, 2.75) is 50.4 Å². The van der Waals surface area contributed by atoms with Gasteiger partial charge in [0.25, 0.3) is 0 Å². The van der Waals surface area contributed by atoms with Crippen LogP contribution < -0.4 is 27.4 Å². The number of carboxylic acid groups (broad SMARTS) is 1. The van der Waals surface area contributed by atoms with Gasteiger partial charge in [-0.1, -0.05) is 30.3 Å². The molecule has 0 aliphatic rings. The summed E-state index contributed by atoms with van der Waals surface area (Å²) < 4.78 is 0. The minimum Gasteiger partial charge on any atom is -0.480 e. The van der Waals surface area contributed by atoms with Gasteiger partial charge in [-0.05, 0) is 25.3 Å². The zero-order valence-corrected chi connectivity index (χ0v) is 18.5. The second-order valence-corrected chi connectivity index (χ2v) is 7.54. The smallest absolute Gasteiger partial charge is 0.325 e. The third kappa shape index (κ3) is 9.35. The van der Waals surface area contributed by atoms with Crippen LogP contribution in [0.2, 0.25) is 0 Å². The van der Waals surface area contributed by atoms with Crippen LogP contribution in [0.1, 0.15) is 25.3 Å². The molecule has 4 unspecified atom stereocenters. The molecule has 0 radical (unpaired) electrons. The van der Waals surface area contributed by atoms with E-state index in [1.807, 2.05) is 6.07 Å². The minimum absolute atomic E-state index is 0.114. The Bertz CT molecular complexity index is 822. The Morgan fingerprint density at radius 1 is 0.969 bits per heavy atom. The van der Waals surface area contributed by atoms with E-state index >= 15 is 0 Å².